The van der Waals surface area contributed by atoms with Crippen molar-refractivity contribution in [2.24, 2.45) is 5.41 Å². The van der Waals surface area contributed by atoms with Gasteiger partial charge in [-0.3, -0.25) is 4.79 Å². The van der Waals surface area contributed by atoms with Crippen LogP contribution in [0.25, 0.3) is 11.0 Å². The quantitative estimate of drug-likeness (QED) is 0.638. The number of nitrogens with zero attached hydrogens (tertiary/aromatic N) is 4. The Kier molecular flexibility index (Phi) is 4.84. The van der Waals surface area contributed by atoms with Gasteiger partial charge >= 0.3 is 0 Å². The molecular formula is C24H27ClN6O. The first-order valence-corrected chi connectivity index (χ1v) is 11.8. The summed E-state index contributed by atoms with van der Waals surface area (Å²) in [5.41, 5.74) is 2.21. The Bertz CT molecular complexity index is 1130. The number of carbonyl (C=O) groups is 1. The highest BCUT2D eigenvalue weighted by Crippen LogP contribution is 2.57. The molecule has 32 heavy (non-hydrogen) atoms. The maximum Gasteiger partial charge on any atom is 0.231 e. The van der Waals surface area contributed by atoms with E-state index in [1.54, 1.807) is 6.33 Å². The number of hydrogen-bond donors (Lipinski definition) is 2. The normalized spacial score (nSPS) is 23.1. The van der Waals surface area contributed by atoms with Gasteiger partial charge in [0.05, 0.1) is 11.3 Å². The lowest BCUT2D eigenvalue weighted by atomic mass is 9.81. The van der Waals surface area contributed by atoms with Crippen LogP contribution in [0.3, 0.4) is 0 Å². The van der Waals surface area contributed by atoms with Gasteiger partial charge in [0.15, 0.2) is 0 Å². The number of nitrogens with one attached hydrogen (secondary N) is 2. The minimum atomic E-state index is -0.167. The number of H-pyrrole nitrogens is 1. The highest BCUT2D eigenvalue weighted by molar-refractivity contribution is 6.30. The number of amides is 1. The molecule has 7 nitrogen and oxygen atoms in total. The van der Waals surface area contributed by atoms with E-state index in [0.29, 0.717) is 23.5 Å². The van der Waals surface area contributed by atoms with Crippen LogP contribution in [0.2, 0.25) is 5.02 Å². The van der Waals surface area contributed by atoms with Gasteiger partial charge in [-0.2, -0.15) is 0 Å². The van der Waals surface area contributed by atoms with E-state index in [2.05, 4.69) is 25.2 Å². The van der Waals surface area contributed by atoms with Crippen LogP contribution < -0.4 is 10.2 Å². The molecule has 2 atom stereocenters. The van der Waals surface area contributed by atoms with Crippen molar-refractivity contribution in [2.45, 2.75) is 31.2 Å². The number of halogens is 1. The number of fused-ring (bicyclic) bond motifs is 1. The molecule has 4 heterocycles. The monoisotopic (exact) mass is 450 g/mol. The Morgan fingerprint density at radius 2 is 1.84 bits per heavy atom. The topological polar surface area (TPSA) is 77.2 Å². The van der Waals surface area contributed by atoms with Gasteiger partial charge in [-0.15, -0.1) is 0 Å². The van der Waals surface area contributed by atoms with Crippen molar-refractivity contribution >= 4 is 34.4 Å². The van der Waals surface area contributed by atoms with Gasteiger partial charge in [0.2, 0.25) is 5.91 Å². The summed E-state index contributed by atoms with van der Waals surface area (Å²) in [5, 5.41) is 5.41. The number of benzene rings is 1. The largest absolute Gasteiger partial charge is 0.352 e. The Hall–Kier alpha value is -2.64. The molecule has 3 aliphatic rings. The first-order valence-electron chi connectivity index (χ1n) is 11.5. The third-order valence-corrected chi connectivity index (χ3v) is 7.84. The van der Waals surface area contributed by atoms with Crippen LogP contribution in [0.5, 0.6) is 0 Å². The van der Waals surface area contributed by atoms with Crippen LogP contribution in [0.4, 0.5) is 5.82 Å². The van der Waals surface area contributed by atoms with E-state index in [9.17, 15) is 4.79 Å². The second-order valence-corrected chi connectivity index (χ2v) is 9.76. The van der Waals surface area contributed by atoms with Crippen LogP contribution in [0.1, 0.15) is 30.7 Å². The van der Waals surface area contributed by atoms with Crippen LogP contribution in [0.15, 0.2) is 42.9 Å². The number of anilines is 1. The highest BCUT2D eigenvalue weighted by Gasteiger charge is 2.56. The first kappa shape index (κ1) is 20.0. The maximum atomic E-state index is 13.9. The summed E-state index contributed by atoms with van der Waals surface area (Å²) in [6.45, 7) is 3.91. The summed E-state index contributed by atoms with van der Waals surface area (Å²) in [5.74, 6) is 0.998. The molecular weight excluding hydrogens is 424 g/mol. The standard InChI is InChI=1S/C24H27ClN6O/c25-17-3-1-16(2-4-17)19(20-24(6-7-24)8-10-26-20)23(32)31-13-11-30(12-14-31)22-18-5-9-27-21(18)28-15-29-22/h1-5,9,15,19-20,26H,6-8,10-14H2,(H,27,28,29)/t19-,20+/m0/s1. The smallest absolute Gasteiger partial charge is 0.231 e. The molecule has 3 aromatic rings. The molecule has 1 spiro atoms. The van der Waals surface area contributed by atoms with E-state index in [0.717, 1.165) is 42.0 Å². The Morgan fingerprint density at radius 3 is 2.59 bits per heavy atom. The van der Waals surface area contributed by atoms with Gasteiger partial charge in [0.1, 0.15) is 17.8 Å². The second-order valence-electron chi connectivity index (χ2n) is 9.32. The predicted octanol–water partition coefficient (Wildman–Crippen LogP) is 3.19. The van der Waals surface area contributed by atoms with Crippen molar-refractivity contribution in [2.75, 3.05) is 37.6 Å². The minimum absolute atomic E-state index is 0.167. The Labute approximate surface area is 192 Å². The average molecular weight is 451 g/mol. The molecule has 1 aromatic carbocycles. The molecule has 166 valence electrons. The zero-order chi connectivity index (χ0) is 21.7. The zero-order valence-electron chi connectivity index (χ0n) is 17.9. The molecule has 2 aliphatic heterocycles. The van der Waals surface area contributed by atoms with Crippen LogP contribution in [-0.2, 0) is 4.79 Å². The lowest BCUT2D eigenvalue weighted by Gasteiger charge is -2.39. The molecule has 2 aromatic heterocycles. The number of aromatic amines is 1. The molecule has 0 bridgehead atoms. The first-order chi connectivity index (χ1) is 15.6. The van der Waals surface area contributed by atoms with Crippen molar-refractivity contribution < 1.29 is 4.79 Å². The van der Waals surface area contributed by atoms with Gasteiger partial charge in [-0.05, 0) is 55.0 Å². The Balaban J connectivity index is 1.23. The van der Waals surface area contributed by atoms with Crippen molar-refractivity contribution in [3.63, 3.8) is 0 Å². The van der Waals surface area contributed by atoms with Crippen molar-refractivity contribution in [1.29, 1.82) is 0 Å². The molecule has 6 rings (SSSR count). The van der Waals surface area contributed by atoms with E-state index >= 15 is 0 Å². The highest BCUT2D eigenvalue weighted by atomic mass is 35.5. The molecule has 2 N–H and O–H groups in total. The van der Waals surface area contributed by atoms with Crippen LogP contribution >= 0.6 is 11.6 Å². The van der Waals surface area contributed by atoms with Gasteiger partial charge in [-0.1, -0.05) is 23.7 Å². The fourth-order valence-electron chi connectivity index (χ4n) is 5.64. The molecule has 2 saturated heterocycles. The van der Waals surface area contributed by atoms with Gasteiger partial charge in [0.25, 0.3) is 0 Å². The zero-order valence-corrected chi connectivity index (χ0v) is 18.7. The summed E-state index contributed by atoms with van der Waals surface area (Å²) in [7, 11) is 0. The van der Waals surface area contributed by atoms with Gasteiger partial charge in [0, 0.05) is 43.4 Å². The minimum Gasteiger partial charge on any atom is -0.352 e. The fourth-order valence-corrected chi connectivity index (χ4v) is 5.76. The van der Waals surface area contributed by atoms with Crippen LogP contribution in [-0.4, -0.2) is 64.5 Å². The lowest BCUT2D eigenvalue weighted by Crippen LogP contribution is -2.53. The molecule has 0 radical (unpaired) electrons. The Morgan fingerprint density at radius 1 is 1.06 bits per heavy atom. The van der Waals surface area contributed by atoms with Gasteiger partial charge in [-0.25, -0.2) is 9.97 Å². The number of hydrogen-bond acceptors (Lipinski definition) is 5. The summed E-state index contributed by atoms with van der Waals surface area (Å²) in [6.07, 6.45) is 7.10. The molecule has 3 fully saturated rings. The molecule has 1 amide bonds. The SMILES string of the molecule is O=C([C@@H](c1ccc(Cl)cc1)[C@H]1NCCC12CC2)N1CCN(c2ncnc3[nH]ccc23)CC1. The summed E-state index contributed by atoms with van der Waals surface area (Å²) >= 11 is 6.15. The summed E-state index contributed by atoms with van der Waals surface area (Å²) in [4.78, 5) is 30.2. The summed E-state index contributed by atoms with van der Waals surface area (Å²) in [6, 6.07) is 10.1. The van der Waals surface area contributed by atoms with E-state index in [1.165, 1.54) is 19.3 Å². The van der Waals surface area contributed by atoms with E-state index in [4.69, 9.17) is 11.6 Å². The second kappa shape index (κ2) is 7.74. The third-order valence-electron chi connectivity index (χ3n) is 7.59. The van der Waals surface area contributed by atoms with E-state index in [1.807, 2.05) is 41.4 Å². The predicted molar refractivity (Wildman–Crippen MR) is 125 cm³/mol. The molecule has 1 saturated carbocycles. The number of piperazine rings is 1. The van der Waals surface area contributed by atoms with Crippen molar-refractivity contribution in [3.8, 4) is 0 Å². The van der Waals surface area contributed by atoms with Gasteiger partial charge < -0.3 is 20.1 Å². The van der Waals surface area contributed by atoms with E-state index in [-0.39, 0.29) is 17.9 Å². The average Bonchev–Trinajstić information content (AvgIpc) is 3.24. The van der Waals surface area contributed by atoms with Crippen molar-refractivity contribution in [1.82, 2.24) is 25.2 Å². The van der Waals surface area contributed by atoms with E-state index < -0.39 is 0 Å². The maximum absolute atomic E-state index is 13.9. The lowest BCUT2D eigenvalue weighted by molar-refractivity contribution is -0.134. The fraction of sp³-hybridized carbons (Fsp3) is 0.458. The third kappa shape index (κ3) is 3.35. The number of aromatic nitrogens is 3. The number of carbonyl (C=O) groups excluding carboxylic acids is 1. The summed E-state index contributed by atoms with van der Waals surface area (Å²) < 4.78 is 0. The molecule has 8 heteroatoms. The van der Waals surface area contributed by atoms with Crippen molar-refractivity contribution in [3.05, 3.63) is 53.4 Å². The van der Waals surface area contributed by atoms with Crippen LogP contribution in [0, 0.1) is 5.41 Å². The molecule has 1 aliphatic carbocycles. The number of rotatable bonds is 4. The molecule has 0 unspecified atom stereocenters.